The van der Waals surface area contributed by atoms with Gasteiger partial charge in [-0.15, -0.1) is 0 Å². The number of para-hydroxylation sites is 1. The molecule has 0 aromatic heterocycles. The number of anilines is 2. The molecule has 2 amide bonds. The minimum atomic E-state index is -0.767. The first-order valence-electron chi connectivity index (χ1n) is 9.31. The van der Waals surface area contributed by atoms with E-state index in [1.54, 1.807) is 0 Å². The third-order valence-corrected chi connectivity index (χ3v) is 4.86. The summed E-state index contributed by atoms with van der Waals surface area (Å²) in [4.78, 5) is 37.6. The monoisotopic (exact) mass is 397 g/mol. The summed E-state index contributed by atoms with van der Waals surface area (Å²) in [5.41, 5.74) is 2.55. The van der Waals surface area contributed by atoms with Gasteiger partial charge in [-0.1, -0.05) is 32.0 Å². The molecule has 0 fully saturated rings. The highest BCUT2D eigenvalue weighted by Gasteiger charge is 2.38. The number of ether oxygens (including phenoxy) is 1. The number of nitro benzene ring substituents is 1. The number of hydrogen-bond donors (Lipinski definition) is 1. The number of nitro groups is 1. The van der Waals surface area contributed by atoms with Gasteiger partial charge in [-0.3, -0.25) is 24.6 Å². The van der Waals surface area contributed by atoms with Gasteiger partial charge < -0.3 is 10.1 Å². The molecule has 1 unspecified atom stereocenters. The van der Waals surface area contributed by atoms with Crippen LogP contribution >= 0.6 is 0 Å². The van der Waals surface area contributed by atoms with Gasteiger partial charge in [0.15, 0.2) is 6.10 Å². The van der Waals surface area contributed by atoms with Gasteiger partial charge in [0.05, 0.1) is 10.6 Å². The molecule has 2 aromatic carbocycles. The van der Waals surface area contributed by atoms with Crippen LogP contribution in [0.4, 0.5) is 17.1 Å². The van der Waals surface area contributed by atoms with Crippen molar-refractivity contribution >= 4 is 28.9 Å². The maximum Gasteiger partial charge on any atom is 0.271 e. The van der Waals surface area contributed by atoms with Crippen LogP contribution < -0.4 is 15.0 Å². The third kappa shape index (κ3) is 4.06. The van der Waals surface area contributed by atoms with E-state index in [0.29, 0.717) is 11.4 Å². The molecule has 152 valence electrons. The second-order valence-corrected chi connectivity index (χ2v) is 7.43. The summed E-state index contributed by atoms with van der Waals surface area (Å²) < 4.78 is 5.76. The maximum atomic E-state index is 13.0. The number of non-ortho nitro benzene ring substituents is 1. The van der Waals surface area contributed by atoms with Gasteiger partial charge in [0.1, 0.15) is 12.3 Å². The maximum absolute atomic E-state index is 13.0. The van der Waals surface area contributed by atoms with E-state index in [1.165, 1.54) is 23.1 Å². The Morgan fingerprint density at radius 3 is 2.48 bits per heavy atom. The van der Waals surface area contributed by atoms with Gasteiger partial charge in [0, 0.05) is 17.8 Å². The van der Waals surface area contributed by atoms with E-state index in [4.69, 9.17) is 4.74 Å². The highest BCUT2D eigenvalue weighted by molar-refractivity contribution is 6.06. The van der Waals surface area contributed by atoms with Gasteiger partial charge in [0.2, 0.25) is 5.91 Å². The van der Waals surface area contributed by atoms with Crippen molar-refractivity contribution in [1.82, 2.24) is 0 Å². The average Bonchev–Trinajstić information content (AvgIpc) is 2.66. The summed E-state index contributed by atoms with van der Waals surface area (Å²) in [6, 6.07) is 9.71. The largest absolute Gasteiger partial charge is 0.478 e. The molecule has 0 saturated heterocycles. The lowest BCUT2D eigenvalue weighted by molar-refractivity contribution is -0.384. The van der Waals surface area contributed by atoms with Crippen molar-refractivity contribution in [1.29, 1.82) is 0 Å². The first-order valence-corrected chi connectivity index (χ1v) is 9.31. The minimum Gasteiger partial charge on any atom is -0.478 e. The van der Waals surface area contributed by atoms with Crippen molar-refractivity contribution in [3.05, 3.63) is 57.6 Å². The Bertz CT molecular complexity index is 966. The molecule has 0 bridgehead atoms. The lowest BCUT2D eigenvalue weighted by Gasteiger charge is -2.35. The molecule has 0 aliphatic carbocycles. The second kappa shape index (κ2) is 7.90. The van der Waals surface area contributed by atoms with Crippen molar-refractivity contribution in [3.8, 4) is 5.75 Å². The fourth-order valence-corrected chi connectivity index (χ4v) is 3.31. The Hall–Kier alpha value is -3.42. The molecule has 2 aromatic rings. The van der Waals surface area contributed by atoms with Crippen molar-refractivity contribution in [2.24, 2.45) is 5.92 Å². The van der Waals surface area contributed by atoms with Gasteiger partial charge in [-0.05, 0) is 37.0 Å². The summed E-state index contributed by atoms with van der Waals surface area (Å²) in [5.74, 6) is -0.578. The number of nitrogens with zero attached hydrogens (tertiary/aromatic N) is 2. The van der Waals surface area contributed by atoms with Gasteiger partial charge in [0.25, 0.3) is 11.6 Å². The van der Waals surface area contributed by atoms with Crippen LogP contribution in [0.15, 0.2) is 36.4 Å². The van der Waals surface area contributed by atoms with E-state index < -0.39 is 22.8 Å². The predicted molar refractivity (Wildman–Crippen MR) is 109 cm³/mol. The van der Waals surface area contributed by atoms with Gasteiger partial charge >= 0.3 is 0 Å². The number of rotatable bonds is 5. The molecular weight excluding hydrogens is 374 g/mol. The van der Waals surface area contributed by atoms with Gasteiger partial charge in [-0.2, -0.15) is 0 Å². The Kier molecular flexibility index (Phi) is 5.54. The van der Waals surface area contributed by atoms with Crippen LogP contribution in [-0.4, -0.2) is 29.4 Å². The summed E-state index contributed by atoms with van der Waals surface area (Å²) in [7, 11) is 0. The molecule has 1 heterocycles. The zero-order valence-electron chi connectivity index (χ0n) is 16.8. The lowest BCUT2D eigenvalue weighted by atomic mass is 10.0. The fourth-order valence-electron chi connectivity index (χ4n) is 3.31. The second-order valence-electron chi connectivity index (χ2n) is 7.43. The van der Waals surface area contributed by atoms with Crippen molar-refractivity contribution in [2.45, 2.75) is 33.8 Å². The van der Waals surface area contributed by atoms with Crippen LogP contribution in [-0.2, 0) is 9.59 Å². The smallest absolute Gasteiger partial charge is 0.271 e. The average molecular weight is 397 g/mol. The van der Waals surface area contributed by atoms with Crippen LogP contribution in [0.3, 0.4) is 0 Å². The van der Waals surface area contributed by atoms with Crippen molar-refractivity contribution in [3.63, 3.8) is 0 Å². The van der Waals surface area contributed by atoms with E-state index in [-0.39, 0.29) is 23.8 Å². The predicted octanol–water partition coefficient (Wildman–Crippen LogP) is 3.60. The third-order valence-electron chi connectivity index (χ3n) is 4.86. The van der Waals surface area contributed by atoms with E-state index in [0.717, 1.165) is 11.1 Å². The summed E-state index contributed by atoms with van der Waals surface area (Å²) >= 11 is 0. The summed E-state index contributed by atoms with van der Waals surface area (Å²) in [5, 5.41) is 14.0. The highest BCUT2D eigenvalue weighted by atomic mass is 16.6. The molecule has 29 heavy (non-hydrogen) atoms. The number of aryl methyl sites for hydroxylation is 2. The molecule has 1 N–H and O–H groups in total. The molecule has 1 atom stereocenters. The number of fused-ring (bicyclic) bond motifs is 1. The van der Waals surface area contributed by atoms with Crippen LogP contribution in [0.5, 0.6) is 5.75 Å². The fraction of sp³-hybridized carbons (Fsp3) is 0.333. The van der Waals surface area contributed by atoms with Crippen molar-refractivity contribution in [2.75, 3.05) is 16.8 Å². The van der Waals surface area contributed by atoms with Crippen LogP contribution in [0, 0.1) is 29.9 Å². The van der Waals surface area contributed by atoms with Crippen LogP contribution in [0.2, 0.25) is 0 Å². The number of carbonyl (C=O) groups excluding carboxylic acids is 2. The van der Waals surface area contributed by atoms with Crippen molar-refractivity contribution < 1.29 is 19.2 Å². The van der Waals surface area contributed by atoms with E-state index >= 15 is 0 Å². The molecule has 0 saturated carbocycles. The highest BCUT2D eigenvalue weighted by Crippen LogP contribution is 2.38. The summed E-state index contributed by atoms with van der Waals surface area (Å²) in [6.45, 7) is 7.18. The lowest BCUT2D eigenvalue weighted by Crippen LogP contribution is -2.50. The Balaban J connectivity index is 1.93. The first-order chi connectivity index (χ1) is 13.7. The quantitative estimate of drug-likeness (QED) is 0.613. The topological polar surface area (TPSA) is 102 Å². The molecule has 0 spiro atoms. The molecule has 1 aliphatic heterocycles. The molecule has 8 heteroatoms. The Labute approximate surface area is 168 Å². The Morgan fingerprint density at radius 2 is 1.90 bits per heavy atom. The number of benzene rings is 2. The number of nitrogens with one attached hydrogen (secondary N) is 1. The standard InChI is InChI=1S/C21H23N3O5/c1-12(2)20-21(26)23(16-10-15(24(27)28)8-9-17(16)29-20)11-18(25)22-19-13(3)6-5-7-14(19)4/h5-10,12,20H,11H2,1-4H3,(H,22,25). The van der Waals surface area contributed by atoms with Gasteiger partial charge in [-0.25, -0.2) is 0 Å². The van der Waals surface area contributed by atoms with E-state index in [9.17, 15) is 19.7 Å². The molecule has 1 aliphatic rings. The first kappa shape index (κ1) is 20.3. The zero-order valence-corrected chi connectivity index (χ0v) is 16.8. The normalized spacial score (nSPS) is 15.7. The van der Waals surface area contributed by atoms with Crippen LogP contribution in [0.1, 0.15) is 25.0 Å². The number of carbonyl (C=O) groups is 2. The SMILES string of the molecule is Cc1cccc(C)c1NC(=O)CN1C(=O)C(C(C)C)Oc2ccc([N+](=O)[O-])cc21. The van der Waals surface area contributed by atoms with Crippen LogP contribution in [0.25, 0.3) is 0 Å². The Morgan fingerprint density at radius 1 is 1.24 bits per heavy atom. The minimum absolute atomic E-state index is 0.130. The molecule has 8 nitrogen and oxygen atoms in total. The zero-order chi connectivity index (χ0) is 21.3. The molecule has 0 radical (unpaired) electrons. The number of hydrogen-bond acceptors (Lipinski definition) is 5. The van der Waals surface area contributed by atoms with E-state index in [2.05, 4.69) is 5.32 Å². The van der Waals surface area contributed by atoms with E-state index in [1.807, 2.05) is 45.9 Å². The summed E-state index contributed by atoms with van der Waals surface area (Å²) in [6.07, 6.45) is -0.767. The molecular formula is C21H23N3O5. The molecule has 3 rings (SSSR count). The number of amides is 2.